The van der Waals surface area contributed by atoms with Gasteiger partial charge in [-0.3, -0.25) is 0 Å². The zero-order valence-electron chi connectivity index (χ0n) is 8.37. The van der Waals surface area contributed by atoms with Gasteiger partial charge in [-0.1, -0.05) is 25.4 Å². The topological polar surface area (TPSA) is 17.8 Å². The molecule has 14 heavy (non-hydrogen) atoms. The Morgan fingerprint density at radius 3 is 3.00 bits per heavy atom. The molecule has 2 aromatic heterocycles. The zero-order chi connectivity index (χ0) is 10.1. The van der Waals surface area contributed by atoms with Crippen molar-refractivity contribution in [2.75, 3.05) is 0 Å². The van der Waals surface area contributed by atoms with Gasteiger partial charge in [-0.2, -0.15) is 0 Å². The molecular formula is C11H13ClN2. The standard InChI is InChI=1S/C11H13ClN2/c1-8(2)7-14-4-3-9-5-10(12)6-13-11(9)14/h3-6,8H,7H2,1-2H3. The molecule has 3 heteroatoms. The van der Waals surface area contributed by atoms with Gasteiger partial charge in [0.05, 0.1) is 5.02 Å². The van der Waals surface area contributed by atoms with Gasteiger partial charge in [0, 0.05) is 24.3 Å². The first-order chi connectivity index (χ1) is 6.66. The SMILES string of the molecule is CC(C)Cn1ccc2cc(Cl)cnc21. The Morgan fingerprint density at radius 1 is 1.50 bits per heavy atom. The largest absolute Gasteiger partial charge is 0.332 e. The summed E-state index contributed by atoms with van der Waals surface area (Å²) in [4.78, 5) is 4.32. The van der Waals surface area contributed by atoms with Crippen LogP contribution in [0.15, 0.2) is 24.5 Å². The van der Waals surface area contributed by atoms with Crippen LogP contribution in [0.2, 0.25) is 5.02 Å². The van der Waals surface area contributed by atoms with Crippen LogP contribution >= 0.6 is 11.6 Å². The van der Waals surface area contributed by atoms with Crippen molar-refractivity contribution in [3.8, 4) is 0 Å². The summed E-state index contributed by atoms with van der Waals surface area (Å²) in [6, 6.07) is 4.00. The van der Waals surface area contributed by atoms with Gasteiger partial charge < -0.3 is 4.57 Å². The minimum absolute atomic E-state index is 0.628. The summed E-state index contributed by atoms with van der Waals surface area (Å²) in [7, 11) is 0. The average molecular weight is 209 g/mol. The fourth-order valence-corrected chi connectivity index (χ4v) is 1.76. The summed E-state index contributed by atoms with van der Waals surface area (Å²) < 4.78 is 2.16. The molecule has 0 saturated heterocycles. The second-order valence-electron chi connectivity index (χ2n) is 3.93. The van der Waals surface area contributed by atoms with Gasteiger partial charge in [0.25, 0.3) is 0 Å². The monoisotopic (exact) mass is 208 g/mol. The number of nitrogens with zero attached hydrogens (tertiary/aromatic N) is 2. The molecule has 0 bridgehead atoms. The van der Waals surface area contributed by atoms with E-state index in [-0.39, 0.29) is 0 Å². The van der Waals surface area contributed by atoms with E-state index in [4.69, 9.17) is 11.6 Å². The van der Waals surface area contributed by atoms with Gasteiger partial charge in [0.1, 0.15) is 5.65 Å². The number of rotatable bonds is 2. The number of aromatic nitrogens is 2. The Hall–Kier alpha value is -1.02. The van der Waals surface area contributed by atoms with Crippen LogP contribution in [0.5, 0.6) is 0 Å². The van der Waals surface area contributed by atoms with E-state index in [1.165, 1.54) is 0 Å². The van der Waals surface area contributed by atoms with Crippen LogP contribution in [0.1, 0.15) is 13.8 Å². The van der Waals surface area contributed by atoms with Crippen LogP contribution < -0.4 is 0 Å². The first-order valence-electron chi connectivity index (χ1n) is 4.77. The van der Waals surface area contributed by atoms with Gasteiger partial charge in [0.2, 0.25) is 0 Å². The number of fused-ring (bicyclic) bond motifs is 1. The maximum atomic E-state index is 5.86. The third-order valence-electron chi connectivity index (χ3n) is 2.13. The summed E-state index contributed by atoms with van der Waals surface area (Å²) in [6.45, 7) is 5.39. The second kappa shape index (κ2) is 3.62. The lowest BCUT2D eigenvalue weighted by molar-refractivity contribution is 0.533. The number of halogens is 1. The molecule has 0 aliphatic heterocycles. The molecule has 0 N–H and O–H groups in total. The van der Waals surface area contributed by atoms with Crippen LogP contribution in [-0.4, -0.2) is 9.55 Å². The number of pyridine rings is 1. The molecule has 2 heterocycles. The highest BCUT2D eigenvalue weighted by Gasteiger charge is 2.03. The first kappa shape index (κ1) is 9.53. The van der Waals surface area contributed by atoms with E-state index < -0.39 is 0 Å². The fourth-order valence-electron chi connectivity index (χ4n) is 1.59. The van der Waals surface area contributed by atoms with E-state index in [1.54, 1.807) is 6.20 Å². The Kier molecular flexibility index (Phi) is 2.46. The van der Waals surface area contributed by atoms with Crippen molar-refractivity contribution in [3.05, 3.63) is 29.5 Å². The van der Waals surface area contributed by atoms with Crippen molar-refractivity contribution >= 4 is 22.6 Å². The first-order valence-corrected chi connectivity index (χ1v) is 5.15. The zero-order valence-corrected chi connectivity index (χ0v) is 9.12. The molecule has 0 fully saturated rings. The summed E-state index contributed by atoms with van der Waals surface area (Å²) in [5.41, 5.74) is 1.02. The normalized spacial score (nSPS) is 11.4. The fraction of sp³-hybridized carbons (Fsp3) is 0.364. The minimum Gasteiger partial charge on any atom is -0.332 e. The Balaban J connectivity index is 2.47. The van der Waals surface area contributed by atoms with Gasteiger partial charge in [-0.25, -0.2) is 4.98 Å². The molecule has 0 aliphatic rings. The van der Waals surface area contributed by atoms with Crippen LogP contribution in [0.3, 0.4) is 0 Å². The molecule has 2 aromatic rings. The van der Waals surface area contributed by atoms with Crippen molar-refractivity contribution in [1.82, 2.24) is 9.55 Å². The lowest BCUT2D eigenvalue weighted by Gasteiger charge is -2.07. The highest BCUT2D eigenvalue weighted by Crippen LogP contribution is 2.18. The van der Waals surface area contributed by atoms with E-state index in [0.29, 0.717) is 10.9 Å². The van der Waals surface area contributed by atoms with E-state index in [0.717, 1.165) is 17.6 Å². The van der Waals surface area contributed by atoms with E-state index >= 15 is 0 Å². The third-order valence-corrected chi connectivity index (χ3v) is 2.34. The van der Waals surface area contributed by atoms with Gasteiger partial charge >= 0.3 is 0 Å². The summed E-state index contributed by atoms with van der Waals surface area (Å²) >= 11 is 5.86. The van der Waals surface area contributed by atoms with Crippen LogP contribution in [0, 0.1) is 5.92 Å². The van der Waals surface area contributed by atoms with Crippen molar-refractivity contribution in [3.63, 3.8) is 0 Å². The number of hydrogen-bond acceptors (Lipinski definition) is 1. The minimum atomic E-state index is 0.628. The molecule has 0 amide bonds. The van der Waals surface area contributed by atoms with Crippen molar-refractivity contribution < 1.29 is 0 Å². The molecule has 74 valence electrons. The third kappa shape index (κ3) is 1.75. The summed E-state index contributed by atoms with van der Waals surface area (Å²) in [5.74, 6) is 0.628. The lowest BCUT2D eigenvalue weighted by Crippen LogP contribution is -2.03. The van der Waals surface area contributed by atoms with Gasteiger partial charge in [-0.15, -0.1) is 0 Å². The van der Waals surface area contributed by atoms with Crippen LogP contribution in [0.4, 0.5) is 0 Å². The molecule has 2 nitrogen and oxygen atoms in total. The predicted molar refractivity (Wildman–Crippen MR) is 59.6 cm³/mol. The molecule has 0 spiro atoms. The van der Waals surface area contributed by atoms with E-state index in [9.17, 15) is 0 Å². The molecule has 0 radical (unpaired) electrons. The smallest absolute Gasteiger partial charge is 0.139 e. The lowest BCUT2D eigenvalue weighted by atomic mass is 10.2. The molecule has 0 atom stereocenters. The number of hydrogen-bond donors (Lipinski definition) is 0. The summed E-state index contributed by atoms with van der Waals surface area (Å²) in [6.07, 6.45) is 3.76. The molecule has 0 aliphatic carbocycles. The van der Waals surface area contributed by atoms with Crippen LogP contribution in [0.25, 0.3) is 11.0 Å². The molecular weight excluding hydrogens is 196 g/mol. The van der Waals surface area contributed by atoms with Crippen molar-refractivity contribution in [1.29, 1.82) is 0 Å². The predicted octanol–water partition coefficient (Wildman–Crippen LogP) is 3.35. The molecule has 0 aromatic carbocycles. The highest BCUT2D eigenvalue weighted by atomic mass is 35.5. The molecule has 0 unspecified atom stereocenters. The van der Waals surface area contributed by atoms with Gasteiger partial charge in [-0.05, 0) is 18.1 Å². The second-order valence-corrected chi connectivity index (χ2v) is 4.36. The molecule has 2 rings (SSSR count). The highest BCUT2D eigenvalue weighted by molar-refractivity contribution is 6.31. The molecule has 0 saturated carbocycles. The van der Waals surface area contributed by atoms with E-state index in [1.807, 2.05) is 6.07 Å². The average Bonchev–Trinajstić information content (AvgIpc) is 2.47. The van der Waals surface area contributed by atoms with Gasteiger partial charge in [0.15, 0.2) is 0 Å². The van der Waals surface area contributed by atoms with Crippen molar-refractivity contribution in [2.45, 2.75) is 20.4 Å². The van der Waals surface area contributed by atoms with Crippen LogP contribution in [-0.2, 0) is 6.54 Å². The quantitative estimate of drug-likeness (QED) is 0.740. The maximum Gasteiger partial charge on any atom is 0.139 e. The Labute approximate surface area is 88.5 Å². The Bertz CT molecular complexity index is 445. The van der Waals surface area contributed by atoms with E-state index in [2.05, 4.69) is 35.7 Å². The summed E-state index contributed by atoms with van der Waals surface area (Å²) in [5, 5.41) is 1.80. The Morgan fingerprint density at radius 2 is 2.29 bits per heavy atom. The van der Waals surface area contributed by atoms with Crippen molar-refractivity contribution in [2.24, 2.45) is 5.92 Å². The maximum absolute atomic E-state index is 5.86.